The van der Waals surface area contributed by atoms with Crippen LogP contribution in [0.2, 0.25) is 0 Å². The molecule has 0 saturated heterocycles. The van der Waals surface area contributed by atoms with E-state index in [1.54, 1.807) is 0 Å². The molecule has 0 heterocycles. The van der Waals surface area contributed by atoms with Crippen LogP contribution in [0.1, 0.15) is 60.7 Å². The summed E-state index contributed by atoms with van der Waals surface area (Å²) < 4.78 is 5.68. The summed E-state index contributed by atoms with van der Waals surface area (Å²) in [6.07, 6.45) is 0.187. The molecule has 0 atom stereocenters. The van der Waals surface area contributed by atoms with Crippen LogP contribution in [0.25, 0.3) is 0 Å². The largest absolute Gasteiger partial charge is 0.374 e. The molecular weight excluding hydrogens is 298 g/mol. The van der Waals surface area contributed by atoms with Gasteiger partial charge in [-0.05, 0) is 48.6 Å². The molecule has 1 amide bonds. The van der Waals surface area contributed by atoms with Gasteiger partial charge < -0.3 is 10.1 Å². The Morgan fingerprint density at radius 1 is 0.958 bits per heavy atom. The Labute approximate surface area is 145 Å². The van der Waals surface area contributed by atoms with Gasteiger partial charge in [0.05, 0.1) is 12.7 Å². The lowest BCUT2D eigenvalue weighted by molar-refractivity contribution is 0.0651. The summed E-state index contributed by atoms with van der Waals surface area (Å²) in [7, 11) is 0. The standard InChI is InChI=1S/C21H27NO2/c1-15(2)17-9-11-18(12-10-17)21(23)22-13-19-7-5-6-8-20(19)14-24-16(3)4/h5-12,15-16H,13-14H2,1-4H3,(H,22,23). The number of rotatable bonds is 7. The van der Waals surface area contributed by atoms with E-state index in [-0.39, 0.29) is 12.0 Å². The zero-order valence-corrected chi connectivity index (χ0v) is 15.0. The van der Waals surface area contributed by atoms with E-state index in [1.807, 2.05) is 62.4 Å². The highest BCUT2D eigenvalue weighted by molar-refractivity contribution is 5.94. The molecule has 0 bridgehead atoms. The highest BCUT2D eigenvalue weighted by Gasteiger charge is 2.08. The van der Waals surface area contributed by atoms with Crippen LogP contribution in [0.15, 0.2) is 48.5 Å². The van der Waals surface area contributed by atoms with Crippen molar-refractivity contribution in [1.82, 2.24) is 5.32 Å². The first-order valence-electron chi connectivity index (χ1n) is 8.54. The van der Waals surface area contributed by atoms with Gasteiger partial charge in [0.2, 0.25) is 0 Å². The Balaban J connectivity index is 1.98. The number of hydrogen-bond acceptors (Lipinski definition) is 2. The molecule has 0 spiro atoms. The summed E-state index contributed by atoms with van der Waals surface area (Å²) in [5.41, 5.74) is 4.13. The molecule has 3 heteroatoms. The molecule has 0 saturated carbocycles. The van der Waals surface area contributed by atoms with Gasteiger partial charge in [0.1, 0.15) is 0 Å². The molecular formula is C21H27NO2. The van der Waals surface area contributed by atoms with Crippen molar-refractivity contribution in [3.05, 3.63) is 70.8 Å². The van der Waals surface area contributed by atoms with Gasteiger partial charge in [-0.15, -0.1) is 0 Å². The lowest BCUT2D eigenvalue weighted by atomic mass is 10.0. The minimum absolute atomic E-state index is 0.0510. The van der Waals surface area contributed by atoms with Gasteiger partial charge in [0, 0.05) is 12.1 Å². The molecule has 128 valence electrons. The molecule has 0 fully saturated rings. The average Bonchev–Trinajstić information content (AvgIpc) is 2.58. The Morgan fingerprint density at radius 3 is 2.17 bits per heavy atom. The smallest absolute Gasteiger partial charge is 0.251 e. The maximum Gasteiger partial charge on any atom is 0.251 e. The Bertz CT molecular complexity index is 660. The maximum absolute atomic E-state index is 12.3. The predicted molar refractivity (Wildman–Crippen MR) is 98.1 cm³/mol. The number of nitrogens with one attached hydrogen (secondary N) is 1. The monoisotopic (exact) mass is 325 g/mol. The fourth-order valence-corrected chi connectivity index (χ4v) is 2.42. The molecule has 3 nitrogen and oxygen atoms in total. The summed E-state index contributed by atoms with van der Waals surface area (Å²) in [6.45, 7) is 9.39. The van der Waals surface area contributed by atoms with Crippen molar-refractivity contribution in [2.24, 2.45) is 0 Å². The SMILES string of the molecule is CC(C)OCc1ccccc1CNC(=O)c1ccc(C(C)C)cc1. The van der Waals surface area contributed by atoms with Crippen molar-refractivity contribution in [1.29, 1.82) is 0 Å². The molecule has 0 unspecified atom stereocenters. The van der Waals surface area contributed by atoms with Gasteiger partial charge in [-0.25, -0.2) is 0 Å². The van der Waals surface area contributed by atoms with Crippen LogP contribution in [0.3, 0.4) is 0 Å². The molecule has 1 N–H and O–H groups in total. The summed E-state index contributed by atoms with van der Waals surface area (Å²) >= 11 is 0. The third kappa shape index (κ3) is 5.20. The first kappa shape index (κ1) is 18.2. The first-order valence-corrected chi connectivity index (χ1v) is 8.54. The number of benzene rings is 2. The molecule has 0 aliphatic carbocycles. The van der Waals surface area contributed by atoms with E-state index in [9.17, 15) is 4.79 Å². The highest BCUT2D eigenvalue weighted by Crippen LogP contribution is 2.15. The number of ether oxygens (including phenoxy) is 1. The fraction of sp³-hybridized carbons (Fsp3) is 0.381. The van der Waals surface area contributed by atoms with E-state index in [4.69, 9.17) is 4.74 Å². The van der Waals surface area contributed by atoms with Crippen LogP contribution in [0.4, 0.5) is 0 Å². The van der Waals surface area contributed by atoms with E-state index >= 15 is 0 Å². The second-order valence-electron chi connectivity index (χ2n) is 6.59. The van der Waals surface area contributed by atoms with Crippen molar-refractivity contribution < 1.29 is 9.53 Å². The van der Waals surface area contributed by atoms with Crippen LogP contribution in [0.5, 0.6) is 0 Å². The maximum atomic E-state index is 12.3. The topological polar surface area (TPSA) is 38.3 Å². The van der Waals surface area contributed by atoms with Gasteiger partial charge in [-0.1, -0.05) is 50.2 Å². The van der Waals surface area contributed by atoms with Gasteiger partial charge in [0.25, 0.3) is 5.91 Å². The molecule has 0 aliphatic heterocycles. The van der Waals surface area contributed by atoms with Crippen molar-refractivity contribution in [3.63, 3.8) is 0 Å². The molecule has 2 aromatic carbocycles. The average molecular weight is 325 g/mol. The van der Waals surface area contributed by atoms with E-state index in [0.29, 0.717) is 24.6 Å². The highest BCUT2D eigenvalue weighted by atomic mass is 16.5. The third-order valence-electron chi connectivity index (χ3n) is 3.97. The number of carbonyl (C=O) groups is 1. The lowest BCUT2D eigenvalue weighted by Gasteiger charge is -2.13. The number of carbonyl (C=O) groups excluding carboxylic acids is 1. The van der Waals surface area contributed by atoms with Gasteiger partial charge in [0.15, 0.2) is 0 Å². The molecule has 0 radical (unpaired) electrons. The minimum atomic E-state index is -0.0510. The fourth-order valence-electron chi connectivity index (χ4n) is 2.42. The number of amides is 1. The summed E-state index contributed by atoms with van der Waals surface area (Å²) in [4.78, 5) is 12.3. The Morgan fingerprint density at radius 2 is 1.58 bits per heavy atom. The minimum Gasteiger partial charge on any atom is -0.374 e. The summed E-state index contributed by atoms with van der Waals surface area (Å²) in [5, 5.41) is 3.00. The van der Waals surface area contributed by atoms with Gasteiger partial charge >= 0.3 is 0 Å². The van der Waals surface area contributed by atoms with Crippen molar-refractivity contribution in [3.8, 4) is 0 Å². The van der Waals surface area contributed by atoms with E-state index in [2.05, 4.69) is 19.2 Å². The van der Waals surface area contributed by atoms with Crippen LogP contribution < -0.4 is 5.32 Å². The van der Waals surface area contributed by atoms with E-state index < -0.39 is 0 Å². The molecule has 0 aromatic heterocycles. The van der Waals surface area contributed by atoms with Gasteiger partial charge in [-0.2, -0.15) is 0 Å². The van der Waals surface area contributed by atoms with Crippen LogP contribution in [-0.4, -0.2) is 12.0 Å². The zero-order valence-electron chi connectivity index (χ0n) is 15.0. The van der Waals surface area contributed by atoms with Crippen LogP contribution in [-0.2, 0) is 17.9 Å². The van der Waals surface area contributed by atoms with Gasteiger partial charge in [-0.3, -0.25) is 4.79 Å². The lowest BCUT2D eigenvalue weighted by Crippen LogP contribution is -2.23. The van der Waals surface area contributed by atoms with E-state index in [0.717, 1.165) is 11.1 Å². The summed E-state index contributed by atoms with van der Waals surface area (Å²) in [5.74, 6) is 0.417. The van der Waals surface area contributed by atoms with Crippen molar-refractivity contribution in [2.75, 3.05) is 0 Å². The predicted octanol–water partition coefficient (Wildman–Crippen LogP) is 4.67. The summed E-state index contributed by atoms with van der Waals surface area (Å²) in [6, 6.07) is 15.9. The zero-order chi connectivity index (χ0) is 17.5. The molecule has 24 heavy (non-hydrogen) atoms. The number of hydrogen-bond donors (Lipinski definition) is 1. The van der Waals surface area contributed by atoms with Crippen molar-refractivity contribution in [2.45, 2.75) is 52.9 Å². The normalized spacial score (nSPS) is 11.1. The molecule has 0 aliphatic rings. The quantitative estimate of drug-likeness (QED) is 0.803. The second-order valence-corrected chi connectivity index (χ2v) is 6.59. The first-order chi connectivity index (χ1) is 11.5. The Hall–Kier alpha value is -2.13. The molecule has 2 aromatic rings. The van der Waals surface area contributed by atoms with Crippen molar-refractivity contribution >= 4 is 5.91 Å². The third-order valence-corrected chi connectivity index (χ3v) is 3.97. The Kier molecular flexibility index (Phi) is 6.56. The van der Waals surface area contributed by atoms with Crippen LogP contribution in [0, 0.1) is 0 Å². The molecule has 2 rings (SSSR count). The van der Waals surface area contributed by atoms with Crippen LogP contribution >= 0.6 is 0 Å². The van der Waals surface area contributed by atoms with E-state index in [1.165, 1.54) is 5.56 Å². The second kappa shape index (κ2) is 8.65.